The van der Waals surface area contributed by atoms with E-state index in [1.807, 2.05) is 25.1 Å². The second-order valence-electron chi connectivity index (χ2n) is 7.15. The Morgan fingerprint density at radius 1 is 1.20 bits per heavy atom. The van der Waals surface area contributed by atoms with Gasteiger partial charge in [-0.3, -0.25) is 0 Å². The molecule has 0 aliphatic heterocycles. The Hall–Kier alpha value is -1.94. The van der Waals surface area contributed by atoms with Gasteiger partial charge < -0.3 is 20.1 Å². The van der Waals surface area contributed by atoms with Gasteiger partial charge in [-0.1, -0.05) is 18.2 Å². The van der Waals surface area contributed by atoms with Crippen molar-refractivity contribution in [3.05, 3.63) is 59.5 Å². The number of guanidine groups is 1. The summed E-state index contributed by atoms with van der Waals surface area (Å²) in [4.78, 5) is 8.98. The Morgan fingerprint density at radius 2 is 2.03 bits per heavy atom. The quantitative estimate of drug-likeness (QED) is 0.213. The lowest BCUT2D eigenvalue weighted by Gasteiger charge is -2.19. The molecule has 1 heterocycles. The van der Waals surface area contributed by atoms with Gasteiger partial charge >= 0.3 is 0 Å². The lowest BCUT2D eigenvalue weighted by molar-refractivity contribution is 0.143. The molecule has 0 unspecified atom stereocenters. The summed E-state index contributed by atoms with van der Waals surface area (Å²) in [5, 5.41) is 6.69. The fraction of sp³-hybridized carbons (Fsp3) is 0.455. The van der Waals surface area contributed by atoms with E-state index in [4.69, 9.17) is 9.47 Å². The van der Waals surface area contributed by atoms with Crippen LogP contribution in [0.3, 0.4) is 0 Å². The molecular formula is C22H30FIN4O2. The molecule has 0 amide bonds. The lowest BCUT2D eigenvalue weighted by Crippen LogP contribution is -2.41. The van der Waals surface area contributed by atoms with Gasteiger partial charge in [0.2, 0.25) is 5.88 Å². The number of aliphatic imine (C=N–C) groups is 1. The highest BCUT2D eigenvalue weighted by atomic mass is 127. The number of pyridine rings is 1. The molecule has 1 aliphatic carbocycles. The third-order valence-electron chi connectivity index (χ3n) is 5.01. The molecule has 0 atom stereocenters. The molecule has 0 saturated heterocycles. The van der Waals surface area contributed by atoms with Crippen LogP contribution in [0.15, 0.2) is 47.6 Å². The second kappa shape index (κ2) is 12.0. The van der Waals surface area contributed by atoms with Crippen LogP contribution >= 0.6 is 24.0 Å². The normalized spacial score (nSPS) is 14.6. The number of benzene rings is 1. The Bertz CT molecular complexity index is 830. The number of nitrogens with one attached hydrogen (secondary N) is 2. The van der Waals surface area contributed by atoms with Crippen molar-refractivity contribution in [2.24, 2.45) is 4.99 Å². The molecule has 8 heteroatoms. The summed E-state index contributed by atoms with van der Waals surface area (Å²) < 4.78 is 24.3. The summed E-state index contributed by atoms with van der Waals surface area (Å²) >= 11 is 0. The fourth-order valence-electron chi connectivity index (χ4n) is 3.19. The van der Waals surface area contributed by atoms with Crippen LogP contribution in [0.2, 0.25) is 0 Å². The number of hydrogen-bond acceptors (Lipinski definition) is 4. The highest BCUT2D eigenvalue weighted by molar-refractivity contribution is 14.0. The number of hydrogen-bond donors (Lipinski definition) is 2. The maximum absolute atomic E-state index is 13.6. The van der Waals surface area contributed by atoms with E-state index < -0.39 is 0 Å². The van der Waals surface area contributed by atoms with Crippen molar-refractivity contribution in [1.82, 2.24) is 15.6 Å². The average molecular weight is 528 g/mol. The summed E-state index contributed by atoms with van der Waals surface area (Å²) in [6, 6.07) is 10.7. The van der Waals surface area contributed by atoms with Crippen LogP contribution in [0.4, 0.5) is 4.39 Å². The van der Waals surface area contributed by atoms with Gasteiger partial charge in [0.05, 0.1) is 13.2 Å². The first-order valence-electron chi connectivity index (χ1n) is 10.0. The predicted molar refractivity (Wildman–Crippen MR) is 127 cm³/mol. The first kappa shape index (κ1) is 24.3. The standard InChI is InChI=1S/C22H29FN4O2.HI/c1-3-24-21(26-15-17-6-5-11-25-20(17)29-13-12-28-2)27-16-22(9-10-22)18-7-4-8-19(23)14-18;/h4-8,11,14H,3,9-10,12-13,15-16H2,1-2H3,(H2,24,26,27);1H. The molecule has 164 valence electrons. The van der Waals surface area contributed by atoms with Crippen molar-refractivity contribution >= 4 is 29.9 Å². The number of ether oxygens (including phenoxy) is 2. The van der Waals surface area contributed by atoms with E-state index in [9.17, 15) is 4.39 Å². The smallest absolute Gasteiger partial charge is 0.218 e. The fourth-order valence-corrected chi connectivity index (χ4v) is 3.19. The number of rotatable bonds is 10. The van der Waals surface area contributed by atoms with Crippen LogP contribution in [0.1, 0.15) is 30.9 Å². The van der Waals surface area contributed by atoms with E-state index in [-0.39, 0.29) is 35.2 Å². The second-order valence-corrected chi connectivity index (χ2v) is 7.15. The van der Waals surface area contributed by atoms with Crippen molar-refractivity contribution in [2.45, 2.75) is 31.7 Å². The molecule has 1 aliphatic rings. The van der Waals surface area contributed by atoms with Crippen molar-refractivity contribution < 1.29 is 13.9 Å². The SMILES string of the molecule is CCNC(=NCc1cccnc1OCCOC)NCC1(c2cccc(F)c2)CC1.I. The molecule has 1 aromatic heterocycles. The third-order valence-corrected chi connectivity index (χ3v) is 5.01. The van der Waals surface area contributed by atoms with E-state index in [0.29, 0.717) is 32.2 Å². The third kappa shape index (κ3) is 6.80. The van der Waals surface area contributed by atoms with E-state index >= 15 is 0 Å². The number of halogens is 2. The van der Waals surface area contributed by atoms with Crippen molar-refractivity contribution in [2.75, 3.05) is 33.4 Å². The minimum atomic E-state index is -0.188. The molecule has 30 heavy (non-hydrogen) atoms. The van der Waals surface area contributed by atoms with Gasteiger partial charge in [-0.15, -0.1) is 24.0 Å². The molecule has 1 fully saturated rings. The summed E-state index contributed by atoms with van der Waals surface area (Å²) in [5.74, 6) is 1.11. The minimum absolute atomic E-state index is 0. The largest absolute Gasteiger partial charge is 0.475 e. The van der Waals surface area contributed by atoms with Gasteiger partial charge in [-0.2, -0.15) is 0 Å². The Morgan fingerprint density at radius 3 is 2.73 bits per heavy atom. The highest BCUT2D eigenvalue weighted by Gasteiger charge is 2.44. The van der Waals surface area contributed by atoms with E-state index in [0.717, 1.165) is 36.5 Å². The van der Waals surface area contributed by atoms with Gasteiger partial charge in [0.1, 0.15) is 12.4 Å². The Kier molecular flexibility index (Phi) is 9.77. The molecular weight excluding hydrogens is 498 g/mol. The van der Waals surface area contributed by atoms with Crippen LogP contribution in [0.25, 0.3) is 0 Å². The van der Waals surface area contributed by atoms with Crippen LogP contribution in [-0.4, -0.2) is 44.4 Å². The number of aromatic nitrogens is 1. The average Bonchev–Trinajstić information content (AvgIpc) is 3.52. The summed E-state index contributed by atoms with van der Waals surface area (Å²) in [6.45, 7) is 4.89. The molecule has 6 nitrogen and oxygen atoms in total. The van der Waals surface area contributed by atoms with E-state index in [1.54, 1.807) is 25.4 Å². The predicted octanol–water partition coefficient (Wildman–Crippen LogP) is 3.65. The van der Waals surface area contributed by atoms with Crippen LogP contribution in [0.5, 0.6) is 5.88 Å². The van der Waals surface area contributed by atoms with Gasteiger partial charge in [0.15, 0.2) is 5.96 Å². The molecule has 2 aromatic rings. The summed E-state index contributed by atoms with van der Waals surface area (Å²) in [6.07, 6.45) is 3.79. The molecule has 1 aromatic carbocycles. The molecule has 0 spiro atoms. The summed E-state index contributed by atoms with van der Waals surface area (Å²) in [7, 11) is 1.64. The number of nitrogens with zero attached hydrogens (tertiary/aromatic N) is 2. The zero-order valence-electron chi connectivity index (χ0n) is 17.5. The van der Waals surface area contributed by atoms with Crippen molar-refractivity contribution in [3.63, 3.8) is 0 Å². The zero-order chi connectivity index (χ0) is 20.5. The topological polar surface area (TPSA) is 67.8 Å². The number of methoxy groups -OCH3 is 1. The minimum Gasteiger partial charge on any atom is -0.475 e. The Labute approximate surface area is 194 Å². The molecule has 1 saturated carbocycles. The van der Waals surface area contributed by atoms with Crippen LogP contribution in [0, 0.1) is 5.82 Å². The van der Waals surface area contributed by atoms with Crippen molar-refractivity contribution in [3.8, 4) is 5.88 Å². The van der Waals surface area contributed by atoms with Gasteiger partial charge in [-0.25, -0.2) is 14.4 Å². The molecule has 2 N–H and O–H groups in total. The van der Waals surface area contributed by atoms with E-state index in [2.05, 4.69) is 20.6 Å². The first-order valence-corrected chi connectivity index (χ1v) is 10.0. The van der Waals surface area contributed by atoms with Crippen molar-refractivity contribution in [1.29, 1.82) is 0 Å². The zero-order valence-corrected chi connectivity index (χ0v) is 19.8. The maximum Gasteiger partial charge on any atom is 0.218 e. The maximum atomic E-state index is 13.6. The van der Waals surface area contributed by atoms with E-state index in [1.165, 1.54) is 6.07 Å². The summed E-state index contributed by atoms with van der Waals surface area (Å²) in [5.41, 5.74) is 1.94. The monoisotopic (exact) mass is 528 g/mol. The Balaban J connectivity index is 0.00000320. The molecule has 0 radical (unpaired) electrons. The first-order chi connectivity index (χ1) is 14.2. The van der Waals surface area contributed by atoms with Crippen LogP contribution < -0.4 is 15.4 Å². The molecule has 0 bridgehead atoms. The lowest BCUT2D eigenvalue weighted by atomic mass is 9.96. The van der Waals surface area contributed by atoms with Gasteiger partial charge in [0, 0.05) is 37.4 Å². The highest BCUT2D eigenvalue weighted by Crippen LogP contribution is 2.47. The van der Waals surface area contributed by atoms with Gasteiger partial charge in [-0.05, 0) is 43.5 Å². The molecule has 3 rings (SSSR count). The van der Waals surface area contributed by atoms with Crippen LogP contribution in [-0.2, 0) is 16.7 Å². The van der Waals surface area contributed by atoms with Gasteiger partial charge in [0.25, 0.3) is 0 Å².